The maximum absolute atomic E-state index is 12.1. The molecule has 1 N–H and O–H groups in total. The second-order valence-electron chi connectivity index (χ2n) is 4.00. The Kier molecular flexibility index (Phi) is 3.32. The molecule has 0 atom stereocenters. The van der Waals surface area contributed by atoms with Crippen molar-refractivity contribution in [3.8, 4) is 0 Å². The number of aliphatic carboxylic acids is 1. The number of carboxylic acids is 1. The molecule has 0 aliphatic heterocycles. The number of carbonyl (C=O) groups excluding carboxylic acids is 1. The Balaban J connectivity index is 2.05. The first-order chi connectivity index (χ1) is 8.18. The van der Waals surface area contributed by atoms with Gasteiger partial charge >= 0.3 is 5.97 Å². The highest BCUT2D eigenvalue weighted by molar-refractivity contribution is 5.94. The van der Waals surface area contributed by atoms with Crippen molar-refractivity contribution in [3.05, 3.63) is 24.0 Å². The molecule has 6 nitrogen and oxygen atoms in total. The van der Waals surface area contributed by atoms with Gasteiger partial charge in [-0.25, -0.2) is 0 Å². The predicted octanol–water partition coefficient (Wildman–Crippen LogP) is 0.556. The van der Waals surface area contributed by atoms with Crippen molar-refractivity contribution in [2.75, 3.05) is 6.54 Å². The average molecular weight is 235 g/mol. The fraction of sp³-hybridized carbons (Fsp3) is 0.455. The van der Waals surface area contributed by atoms with E-state index in [9.17, 15) is 9.59 Å². The smallest absolute Gasteiger partial charge is 0.305 e. The summed E-state index contributed by atoms with van der Waals surface area (Å²) in [4.78, 5) is 24.3. The Morgan fingerprint density at radius 2 is 2.18 bits per heavy atom. The fourth-order valence-electron chi connectivity index (χ4n) is 1.64. The number of aromatic nitrogens is 2. The Hall–Kier alpha value is -1.98. The zero-order valence-electron chi connectivity index (χ0n) is 9.24. The lowest BCUT2D eigenvalue weighted by Crippen LogP contribution is -2.35. The summed E-state index contributed by atoms with van der Waals surface area (Å²) >= 11 is 0. The monoisotopic (exact) mass is 235 g/mol. The fourth-order valence-corrected chi connectivity index (χ4v) is 1.64. The number of nitrogens with zero attached hydrogens (tertiary/aromatic N) is 3. The average Bonchev–Trinajstić information content (AvgIpc) is 3.14. The topological polar surface area (TPSA) is 83.4 Å². The van der Waals surface area contributed by atoms with Crippen molar-refractivity contribution < 1.29 is 14.7 Å². The zero-order valence-corrected chi connectivity index (χ0v) is 9.24. The van der Waals surface area contributed by atoms with Crippen LogP contribution in [0.2, 0.25) is 0 Å². The first-order valence-electron chi connectivity index (χ1n) is 5.48. The van der Waals surface area contributed by atoms with Gasteiger partial charge in [0.05, 0.1) is 24.4 Å². The van der Waals surface area contributed by atoms with E-state index in [2.05, 4.69) is 10.2 Å². The van der Waals surface area contributed by atoms with E-state index in [-0.39, 0.29) is 24.9 Å². The van der Waals surface area contributed by atoms with Crippen LogP contribution >= 0.6 is 0 Å². The first kappa shape index (κ1) is 11.5. The minimum absolute atomic E-state index is 0.0270. The largest absolute Gasteiger partial charge is 0.481 e. The zero-order chi connectivity index (χ0) is 12.3. The normalized spacial score (nSPS) is 14.4. The summed E-state index contributed by atoms with van der Waals surface area (Å²) in [6, 6.07) is 1.78. The number of hydrogen-bond acceptors (Lipinski definition) is 4. The van der Waals surface area contributed by atoms with Gasteiger partial charge in [0.2, 0.25) is 0 Å². The van der Waals surface area contributed by atoms with Gasteiger partial charge in [-0.3, -0.25) is 9.59 Å². The number of rotatable bonds is 5. The number of carboxylic acid groups (broad SMARTS) is 1. The van der Waals surface area contributed by atoms with E-state index in [1.54, 1.807) is 11.0 Å². The van der Waals surface area contributed by atoms with Crippen LogP contribution in [0.3, 0.4) is 0 Å². The van der Waals surface area contributed by atoms with Gasteiger partial charge in [0.1, 0.15) is 0 Å². The van der Waals surface area contributed by atoms with Gasteiger partial charge in [-0.05, 0) is 18.9 Å². The van der Waals surface area contributed by atoms with Crippen LogP contribution < -0.4 is 0 Å². The van der Waals surface area contributed by atoms with Gasteiger partial charge in [-0.15, -0.1) is 0 Å². The Morgan fingerprint density at radius 1 is 1.41 bits per heavy atom. The van der Waals surface area contributed by atoms with E-state index in [0.29, 0.717) is 5.56 Å². The van der Waals surface area contributed by atoms with Crippen LogP contribution in [-0.2, 0) is 4.79 Å². The quantitative estimate of drug-likeness (QED) is 0.806. The van der Waals surface area contributed by atoms with Crippen LogP contribution in [0.4, 0.5) is 0 Å². The van der Waals surface area contributed by atoms with Crippen molar-refractivity contribution >= 4 is 11.9 Å². The van der Waals surface area contributed by atoms with Crippen LogP contribution in [0.25, 0.3) is 0 Å². The molecule has 1 aliphatic rings. The molecular formula is C11H13N3O3. The van der Waals surface area contributed by atoms with Crippen LogP contribution in [0.1, 0.15) is 29.6 Å². The Bertz CT molecular complexity index is 417. The van der Waals surface area contributed by atoms with Crippen molar-refractivity contribution in [3.63, 3.8) is 0 Å². The number of amides is 1. The molecule has 0 saturated heterocycles. The third-order valence-electron chi connectivity index (χ3n) is 2.65. The van der Waals surface area contributed by atoms with E-state index >= 15 is 0 Å². The van der Waals surface area contributed by atoms with Gasteiger partial charge in [0, 0.05) is 12.6 Å². The summed E-state index contributed by atoms with van der Waals surface area (Å²) in [5.74, 6) is -1.06. The second-order valence-corrected chi connectivity index (χ2v) is 4.00. The van der Waals surface area contributed by atoms with E-state index < -0.39 is 5.97 Å². The first-order valence-corrected chi connectivity index (χ1v) is 5.48. The predicted molar refractivity (Wildman–Crippen MR) is 58.3 cm³/mol. The van der Waals surface area contributed by atoms with Crippen LogP contribution in [0, 0.1) is 0 Å². The standard InChI is InChI=1S/C11H13N3O3/c15-10(16)4-6-14(9-1-2-9)11(17)8-3-5-12-13-7-8/h3,5,7,9H,1-2,4,6H2,(H,15,16). The molecule has 1 saturated carbocycles. The molecule has 1 aromatic heterocycles. The molecule has 90 valence electrons. The molecule has 1 aromatic rings. The molecule has 0 spiro atoms. The maximum Gasteiger partial charge on any atom is 0.305 e. The molecule has 0 bridgehead atoms. The second kappa shape index (κ2) is 4.90. The maximum atomic E-state index is 12.1. The van der Waals surface area contributed by atoms with Crippen molar-refractivity contribution in [1.82, 2.24) is 15.1 Å². The van der Waals surface area contributed by atoms with Crippen LogP contribution in [-0.4, -0.2) is 44.7 Å². The highest BCUT2D eigenvalue weighted by Crippen LogP contribution is 2.28. The van der Waals surface area contributed by atoms with E-state index in [0.717, 1.165) is 12.8 Å². The van der Waals surface area contributed by atoms with Gasteiger partial charge in [0.15, 0.2) is 0 Å². The molecule has 1 fully saturated rings. The van der Waals surface area contributed by atoms with E-state index in [4.69, 9.17) is 5.11 Å². The third kappa shape index (κ3) is 2.99. The molecule has 0 aromatic carbocycles. The summed E-state index contributed by atoms with van der Waals surface area (Å²) in [5, 5.41) is 15.9. The Morgan fingerprint density at radius 3 is 2.71 bits per heavy atom. The molecule has 0 radical (unpaired) electrons. The summed E-state index contributed by atoms with van der Waals surface area (Å²) in [6.45, 7) is 0.251. The molecule has 1 aliphatic carbocycles. The van der Waals surface area contributed by atoms with Crippen molar-refractivity contribution in [1.29, 1.82) is 0 Å². The summed E-state index contributed by atoms with van der Waals surface area (Å²) in [7, 11) is 0. The van der Waals surface area contributed by atoms with Gasteiger partial charge in [0.25, 0.3) is 5.91 Å². The van der Waals surface area contributed by atoms with Crippen LogP contribution in [0.15, 0.2) is 18.5 Å². The third-order valence-corrected chi connectivity index (χ3v) is 2.65. The molecule has 1 heterocycles. The van der Waals surface area contributed by atoms with Gasteiger partial charge in [-0.1, -0.05) is 0 Å². The lowest BCUT2D eigenvalue weighted by Gasteiger charge is -2.21. The lowest BCUT2D eigenvalue weighted by atomic mass is 10.2. The molecule has 17 heavy (non-hydrogen) atoms. The number of carbonyl (C=O) groups is 2. The summed E-state index contributed by atoms with van der Waals surface area (Å²) in [5.41, 5.74) is 0.456. The highest BCUT2D eigenvalue weighted by Gasteiger charge is 2.33. The minimum atomic E-state index is -0.892. The highest BCUT2D eigenvalue weighted by atomic mass is 16.4. The Labute approximate surface area is 98.3 Å². The van der Waals surface area contributed by atoms with E-state index in [1.807, 2.05) is 0 Å². The molecule has 0 unspecified atom stereocenters. The molecule has 2 rings (SSSR count). The molecule has 6 heteroatoms. The molecular weight excluding hydrogens is 222 g/mol. The van der Waals surface area contributed by atoms with Crippen molar-refractivity contribution in [2.24, 2.45) is 0 Å². The SMILES string of the molecule is O=C(O)CCN(C(=O)c1ccnnc1)C1CC1. The summed E-state index contributed by atoms with van der Waals surface area (Å²) < 4.78 is 0. The molecule has 1 amide bonds. The van der Waals surface area contributed by atoms with Gasteiger partial charge in [-0.2, -0.15) is 10.2 Å². The number of hydrogen-bond donors (Lipinski definition) is 1. The summed E-state index contributed by atoms with van der Waals surface area (Å²) in [6.07, 6.45) is 4.72. The van der Waals surface area contributed by atoms with Crippen molar-refractivity contribution in [2.45, 2.75) is 25.3 Å². The van der Waals surface area contributed by atoms with Gasteiger partial charge < -0.3 is 10.0 Å². The van der Waals surface area contributed by atoms with E-state index in [1.165, 1.54) is 12.4 Å². The lowest BCUT2D eigenvalue weighted by molar-refractivity contribution is -0.137. The minimum Gasteiger partial charge on any atom is -0.481 e. The van der Waals surface area contributed by atoms with Crippen LogP contribution in [0.5, 0.6) is 0 Å².